The summed E-state index contributed by atoms with van der Waals surface area (Å²) in [6.45, 7) is -2.56. The van der Waals surface area contributed by atoms with Crippen LogP contribution in [0.2, 0.25) is 0 Å². The van der Waals surface area contributed by atoms with Gasteiger partial charge in [0.15, 0.2) is 35.4 Å². The molecule has 38 nitrogen and oxygen atoms in total. The van der Waals surface area contributed by atoms with Gasteiger partial charge in [0.25, 0.3) is 0 Å². The highest BCUT2D eigenvalue weighted by Gasteiger charge is 2.53. The first kappa shape index (κ1) is 51.9. The van der Waals surface area contributed by atoms with Crippen LogP contribution in [0.4, 0.5) is 11.6 Å². The SMILES string of the molecule is Nc1ncnc2c1ncn2[C@@H]1O[C@H](COP(=O)(OC[C@H]2O[C@@H](n3cnc4c(N)ncnc43)C(O)C2O)OP(=O)(O)OP(=O)(O)OP(=O)(O)OP(=O)(O)OP(=O)(O)OP(=O)(O)O)C(O)C1O. The number of nitrogens with zero attached hydrogens (tertiary/aromatic N) is 8. The summed E-state index contributed by atoms with van der Waals surface area (Å²) in [5.41, 5.74) is 11.6. The van der Waals surface area contributed by atoms with E-state index in [1.165, 1.54) is 0 Å². The van der Waals surface area contributed by atoms with Gasteiger partial charge in [0.05, 0.1) is 25.9 Å². The Hall–Kier alpha value is -2.53. The van der Waals surface area contributed by atoms with Crippen LogP contribution >= 0.6 is 54.8 Å². The number of anilines is 2. The molecule has 2 saturated heterocycles. The third-order valence-electron chi connectivity index (χ3n) is 8.03. The normalized spacial score (nSPS) is 29.7. The standard InChI is InChI=1S/C20H31N10O28P7/c21-15-9-17(25-3-23-15)29(5-27-9)19-13(33)11(31)7(51-19)1-49-65(48,50-2-8-12(32)14(34)20(52-8)30-6-28-10-16(22)24-4-26-18(10)30)58-64(46,47)57-63(44,45)56-62(42,43)55-61(40,41)54-60(38,39)53-59(35,36)37/h3-8,11-14,19-20,31-34H,1-2H2,(H,38,39)(H,40,41)(H,42,43)(H,44,45)(H,46,47)(H2,21,23,25)(H2,22,24,26)(H2,35,36,37)/t7-,8-,11?,12?,13?,14?,19-,20-,65?/m1/s1. The van der Waals surface area contributed by atoms with Crippen molar-refractivity contribution in [3.8, 4) is 0 Å². The monoisotopic (exact) mass is 1080 g/mol. The molecule has 9 unspecified atom stereocenters. The lowest BCUT2D eigenvalue weighted by Crippen LogP contribution is -2.34. The van der Waals surface area contributed by atoms with Gasteiger partial charge in [0.2, 0.25) is 0 Å². The van der Waals surface area contributed by atoms with Crippen molar-refractivity contribution in [3.05, 3.63) is 25.3 Å². The number of phosphoric ester groups is 1. The number of rotatable bonds is 20. The summed E-state index contributed by atoms with van der Waals surface area (Å²) in [7, 11) is -45.1. The minimum atomic E-state index is -6.76. The van der Waals surface area contributed by atoms with Gasteiger partial charge in [-0.25, -0.2) is 61.9 Å². The molecule has 0 saturated carbocycles. The number of aliphatic hydroxyl groups is 4. The van der Waals surface area contributed by atoms with Crippen molar-refractivity contribution < 1.29 is 131 Å². The van der Waals surface area contributed by atoms with Crippen molar-refractivity contribution in [2.75, 3.05) is 24.7 Å². The number of hydrogen-bond donors (Lipinski definition) is 13. The molecule has 6 rings (SSSR count). The zero-order valence-electron chi connectivity index (χ0n) is 31.1. The number of imidazole rings is 2. The Morgan fingerprint density at radius 2 is 0.846 bits per heavy atom. The van der Waals surface area contributed by atoms with Gasteiger partial charge < -0.3 is 75.6 Å². The van der Waals surface area contributed by atoms with E-state index in [1.807, 2.05) is 0 Å². The molecular weight excluding hydrogens is 1050 g/mol. The topological polar surface area (TPSA) is 574 Å². The zero-order valence-corrected chi connectivity index (χ0v) is 37.3. The van der Waals surface area contributed by atoms with Crippen LogP contribution in [0.5, 0.6) is 0 Å². The molecule has 0 radical (unpaired) electrons. The minimum Gasteiger partial charge on any atom is -0.387 e. The minimum absolute atomic E-state index is 0.0219. The van der Waals surface area contributed by atoms with Crippen LogP contribution in [0.1, 0.15) is 12.5 Å². The van der Waals surface area contributed by atoms with E-state index < -0.39 is 117 Å². The van der Waals surface area contributed by atoms with Crippen LogP contribution in [0.15, 0.2) is 25.3 Å². The van der Waals surface area contributed by atoms with Gasteiger partial charge in [0, 0.05) is 0 Å². The number of ether oxygens (including phenoxy) is 2. The summed E-state index contributed by atoms with van der Waals surface area (Å²) >= 11 is 0. The Kier molecular flexibility index (Phi) is 15.0. The van der Waals surface area contributed by atoms with Gasteiger partial charge in [-0.2, -0.15) is 25.9 Å². The predicted molar refractivity (Wildman–Crippen MR) is 199 cm³/mol. The summed E-state index contributed by atoms with van der Waals surface area (Å²) in [6.07, 6.45) is -10.3. The number of aliphatic hydroxyl groups excluding tert-OH is 4. The van der Waals surface area contributed by atoms with Crippen molar-refractivity contribution >= 4 is 88.7 Å². The van der Waals surface area contributed by atoms with E-state index in [0.29, 0.717) is 0 Å². The maximum Gasteiger partial charge on any atom is 0.490 e. The fourth-order valence-corrected chi connectivity index (χ4v) is 14.9. The van der Waals surface area contributed by atoms with Gasteiger partial charge in [-0.3, -0.25) is 18.2 Å². The molecule has 364 valence electrons. The van der Waals surface area contributed by atoms with Crippen LogP contribution in [-0.2, 0) is 76.3 Å². The van der Waals surface area contributed by atoms with Gasteiger partial charge >= 0.3 is 54.8 Å². The second kappa shape index (κ2) is 18.8. The molecule has 2 aliphatic rings. The van der Waals surface area contributed by atoms with Gasteiger partial charge in [-0.15, -0.1) is 0 Å². The number of nitrogens with two attached hydrogens (primary N) is 2. The number of phosphoric acid groups is 7. The Morgan fingerprint density at radius 3 is 1.20 bits per heavy atom. The summed E-state index contributed by atoms with van der Waals surface area (Å²) in [5.74, 6) is -0.197. The second-order valence-electron chi connectivity index (χ2n) is 12.6. The van der Waals surface area contributed by atoms with E-state index in [0.717, 1.165) is 34.4 Å². The first-order valence-electron chi connectivity index (χ1n) is 16.6. The molecule has 0 aliphatic carbocycles. The summed E-state index contributed by atoms with van der Waals surface area (Å²) in [6, 6.07) is 0. The molecule has 2 fully saturated rings. The Bertz CT molecular complexity index is 2660. The molecular formula is C20H31N10O28P7. The van der Waals surface area contributed by atoms with Gasteiger partial charge in [0.1, 0.15) is 60.3 Å². The maximum absolute atomic E-state index is 14.0. The highest BCUT2D eigenvalue weighted by Crippen LogP contribution is 2.76. The predicted octanol–water partition coefficient (Wildman–Crippen LogP) is -2.10. The molecule has 0 amide bonds. The Labute approximate surface area is 357 Å². The van der Waals surface area contributed by atoms with E-state index in [2.05, 4.69) is 55.8 Å². The third-order valence-corrected chi connectivity index (χ3v) is 18.9. The first-order chi connectivity index (χ1) is 29.8. The zero-order chi connectivity index (χ0) is 48.3. The molecule has 0 aromatic carbocycles. The molecule has 0 bridgehead atoms. The van der Waals surface area contributed by atoms with Crippen molar-refractivity contribution in [1.82, 2.24) is 39.0 Å². The molecule has 6 heterocycles. The quantitative estimate of drug-likeness (QED) is 0.0422. The third kappa shape index (κ3) is 12.6. The molecule has 45 heteroatoms. The highest BCUT2D eigenvalue weighted by atomic mass is 31.3. The van der Waals surface area contributed by atoms with Crippen molar-refractivity contribution in [2.24, 2.45) is 0 Å². The lowest BCUT2D eigenvalue weighted by Gasteiger charge is -2.24. The van der Waals surface area contributed by atoms with E-state index in [4.69, 9.17) is 39.8 Å². The van der Waals surface area contributed by atoms with Crippen LogP contribution in [0.3, 0.4) is 0 Å². The average Bonchev–Trinajstić information content (AvgIpc) is 3.89. The number of fused-ring (bicyclic) bond motifs is 2. The van der Waals surface area contributed by atoms with Crippen LogP contribution in [0.25, 0.3) is 22.3 Å². The van der Waals surface area contributed by atoms with Crippen LogP contribution < -0.4 is 11.5 Å². The second-order valence-corrected chi connectivity index (χ2v) is 23.6. The maximum atomic E-state index is 14.0. The average molecular weight is 1080 g/mol. The molecule has 2 aliphatic heterocycles. The summed E-state index contributed by atoms with van der Waals surface area (Å²) in [4.78, 5) is 89.4. The molecule has 0 spiro atoms. The van der Waals surface area contributed by atoms with E-state index in [9.17, 15) is 76.8 Å². The number of hydrogen-bond acceptors (Lipinski definition) is 29. The highest BCUT2D eigenvalue weighted by molar-refractivity contribution is 7.73. The smallest absolute Gasteiger partial charge is 0.387 e. The van der Waals surface area contributed by atoms with Gasteiger partial charge in [-0.1, -0.05) is 0 Å². The summed E-state index contributed by atoms with van der Waals surface area (Å²) < 4.78 is 131. The lowest BCUT2D eigenvalue weighted by molar-refractivity contribution is -0.0607. The van der Waals surface area contributed by atoms with Crippen LogP contribution in [-0.4, -0.2) is 144 Å². The fourth-order valence-electron chi connectivity index (χ4n) is 5.58. The van der Waals surface area contributed by atoms with Crippen molar-refractivity contribution in [1.29, 1.82) is 0 Å². The number of nitrogen functional groups attached to an aromatic ring is 2. The largest absolute Gasteiger partial charge is 0.490 e. The molecule has 4 aromatic rings. The van der Waals surface area contributed by atoms with E-state index in [1.54, 1.807) is 0 Å². The summed E-state index contributed by atoms with van der Waals surface area (Å²) in [5, 5.41) is 43.2. The molecule has 65 heavy (non-hydrogen) atoms. The van der Waals surface area contributed by atoms with E-state index in [-0.39, 0.29) is 34.0 Å². The number of aromatic nitrogens is 8. The van der Waals surface area contributed by atoms with E-state index >= 15 is 0 Å². The molecule has 4 aromatic heterocycles. The Balaban J connectivity index is 1.20. The fraction of sp³-hybridized carbons (Fsp3) is 0.500. The van der Waals surface area contributed by atoms with Gasteiger partial charge in [-0.05, 0) is 0 Å². The Morgan fingerprint density at radius 1 is 0.508 bits per heavy atom. The van der Waals surface area contributed by atoms with Crippen molar-refractivity contribution in [3.63, 3.8) is 0 Å². The molecule has 13 atom stereocenters. The molecule has 15 N–H and O–H groups in total. The van der Waals surface area contributed by atoms with Crippen LogP contribution in [0, 0.1) is 0 Å². The first-order valence-corrected chi connectivity index (χ1v) is 27.0. The van der Waals surface area contributed by atoms with Crippen molar-refractivity contribution in [2.45, 2.75) is 49.1 Å². The lowest BCUT2D eigenvalue weighted by atomic mass is 10.1.